The standard InChI is InChI=1S/C13H22N2OS/c1-13(2,3)7-10(8-14)12(16)15-9-11-5-4-6-17-11/h4-6,10H,7-9,14H2,1-3H3,(H,15,16). The van der Waals surface area contributed by atoms with E-state index in [4.69, 9.17) is 5.73 Å². The van der Waals surface area contributed by atoms with Crippen LogP contribution in [0.25, 0.3) is 0 Å². The minimum Gasteiger partial charge on any atom is -0.351 e. The van der Waals surface area contributed by atoms with E-state index in [0.29, 0.717) is 13.1 Å². The molecule has 1 unspecified atom stereocenters. The Labute approximate surface area is 107 Å². The van der Waals surface area contributed by atoms with Gasteiger partial charge >= 0.3 is 0 Å². The van der Waals surface area contributed by atoms with E-state index in [1.165, 1.54) is 4.88 Å². The largest absolute Gasteiger partial charge is 0.351 e. The number of thiophene rings is 1. The Balaban J connectivity index is 2.44. The molecule has 0 aromatic carbocycles. The number of nitrogens with one attached hydrogen (secondary N) is 1. The molecule has 96 valence electrons. The van der Waals surface area contributed by atoms with Gasteiger partial charge in [0.2, 0.25) is 5.91 Å². The molecule has 0 aliphatic heterocycles. The van der Waals surface area contributed by atoms with Crippen molar-refractivity contribution in [2.75, 3.05) is 6.54 Å². The predicted octanol–water partition coefficient (Wildman–Crippen LogP) is 2.38. The fourth-order valence-electron chi connectivity index (χ4n) is 1.75. The Morgan fingerprint density at radius 3 is 2.71 bits per heavy atom. The molecular formula is C13H22N2OS. The van der Waals surface area contributed by atoms with Crippen molar-refractivity contribution in [3.8, 4) is 0 Å². The van der Waals surface area contributed by atoms with Crippen molar-refractivity contribution in [1.82, 2.24) is 5.32 Å². The SMILES string of the molecule is CC(C)(C)CC(CN)C(=O)NCc1cccs1. The summed E-state index contributed by atoms with van der Waals surface area (Å²) in [5, 5.41) is 4.96. The molecule has 4 heteroatoms. The Bertz CT molecular complexity index is 341. The van der Waals surface area contributed by atoms with E-state index < -0.39 is 0 Å². The maximum atomic E-state index is 12.0. The highest BCUT2D eigenvalue weighted by Crippen LogP contribution is 2.24. The number of rotatable bonds is 5. The number of carbonyl (C=O) groups excluding carboxylic acids is 1. The first-order valence-electron chi connectivity index (χ1n) is 5.92. The summed E-state index contributed by atoms with van der Waals surface area (Å²) < 4.78 is 0. The van der Waals surface area contributed by atoms with Crippen LogP contribution in [-0.2, 0) is 11.3 Å². The molecule has 0 saturated carbocycles. The van der Waals surface area contributed by atoms with Gasteiger partial charge in [-0.1, -0.05) is 26.8 Å². The molecule has 1 rings (SSSR count). The first kappa shape index (κ1) is 14.2. The monoisotopic (exact) mass is 254 g/mol. The van der Waals surface area contributed by atoms with E-state index in [1.54, 1.807) is 11.3 Å². The quantitative estimate of drug-likeness (QED) is 0.847. The van der Waals surface area contributed by atoms with Crippen molar-refractivity contribution in [3.05, 3.63) is 22.4 Å². The second-order valence-electron chi connectivity index (χ2n) is 5.49. The molecule has 0 radical (unpaired) electrons. The third kappa shape index (κ3) is 5.33. The first-order valence-corrected chi connectivity index (χ1v) is 6.80. The molecule has 3 nitrogen and oxygen atoms in total. The lowest BCUT2D eigenvalue weighted by Gasteiger charge is -2.24. The summed E-state index contributed by atoms with van der Waals surface area (Å²) >= 11 is 1.65. The molecule has 1 aromatic rings. The molecule has 0 spiro atoms. The highest BCUT2D eigenvalue weighted by molar-refractivity contribution is 7.09. The van der Waals surface area contributed by atoms with E-state index in [-0.39, 0.29) is 17.2 Å². The third-order valence-electron chi connectivity index (χ3n) is 2.53. The van der Waals surface area contributed by atoms with E-state index in [0.717, 1.165) is 6.42 Å². The van der Waals surface area contributed by atoms with Crippen LogP contribution in [0.5, 0.6) is 0 Å². The maximum Gasteiger partial charge on any atom is 0.224 e. The van der Waals surface area contributed by atoms with Crippen LogP contribution in [0, 0.1) is 11.3 Å². The van der Waals surface area contributed by atoms with Gasteiger partial charge in [0.1, 0.15) is 0 Å². The van der Waals surface area contributed by atoms with Crippen LogP contribution >= 0.6 is 11.3 Å². The van der Waals surface area contributed by atoms with Crippen LogP contribution in [0.1, 0.15) is 32.1 Å². The normalized spacial score (nSPS) is 13.4. The molecule has 1 amide bonds. The predicted molar refractivity (Wildman–Crippen MR) is 72.8 cm³/mol. The topological polar surface area (TPSA) is 55.1 Å². The van der Waals surface area contributed by atoms with Crippen molar-refractivity contribution in [1.29, 1.82) is 0 Å². The van der Waals surface area contributed by atoms with Gasteiger partial charge in [0.25, 0.3) is 0 Å². The summed E-state index contributed by atoms with van der Waals surface area (Å²) in [5.41, 5.74) is 5.80. The zero-order chi connectivity index (χ0) is 12.9. The summed E-state index contributed by atoms with van der Waals surface area (Å²) in [4.78, 5) is 13.1. The fraction of sp³-hybridized carbons (Fsp3) is 0.615. The van der Waals surface area contributed by atoms with Crippen molar-refractivity contribution < 1.29 is 4.79 Å². The fourth-order valence-corrected chi connectivity index (χ4v) is 2.40. The Morgan fingerprint density at radius 1 is 1.53 bits per heavy atom. The van der Waals surface area contributed by atoms with E-state index in [2.05, 4.69) is 26.1 Å². The average Bonchev–Trinajstić information content (AvgIpc) is 2.74. The summed E-state index contributed by atoms with van der Waals surface area (Å²) in [6.07, 6.45) is 0.819. The van der Waals surface area contributed by atoms with Gasteiger partial charge in [-0.3, -0.25) is 4.79 Å². The second kappa shape index (κ2) is 6.17. The molecule has 3 N–H and O–H groups in total. The maximum absolute atomic E-state index is 12.0. The van der Waals surface area contributed by atoms with Gasteiger partial charge in [0.15, 0.2) is 0 Å². The summed E-state index contributed by atoms with van der Waals surface area (Å²) in [7, 11) is 0. The minimum atomic E-state index is -0.0880. The highest BCUT2D eigenvalue weighted by atomic mass is 32.1. The third-order valence-corrected chi connectivity index (χ3v) is 3.41. The average molecular weight is 254 g/mol. The number of amides is 1. The van der Waals surface area contributed by atoms with E-state index in [1.807, 2.05) is 17.5 Å². The Hall–Kier alpha value is -0.870. The van der Waals surface area contributed by atoms with Gasteiger partial charge in [0.05, 0.1) is 12.5 Å². The van der Waals surface area contributed by atoms with Gasteiger partial charge in [0, 0.05) is 11.4 Å². The molecule has 0 aliphatic carbocycles. The second-order valence-corrected chi connectivity index (χ2v) is 6.53. The van der Waals surface area contributed by atoms with Crippen molar-refractivity contribution >= 4 is 17.2 Å². The highest BCUT2D eigenvalue weighted by Gasteiger charge is 2.23. The van der Waals surface area contributed by atoms with Crippen molar-refractivity contribution in [2.45, 2.75) is 33.7 Å². The van der Waals surface area contributed by atoms with Crippen molar-refractivity contribution in [3.63, 3.8) is 0 Å². The molecule has 0 fully saturated rings. The van der Waals surface area contributed by atoms with Gasteiger partial charge in [-0.05, 0) is 23.3 Å². The molecule has 1 heterocycles. The lowest BCUT2D eigenvalue weighted by atomic mass is 9.84. The molecule has 0 aliphatic rings. The van der Waals surface area contributed by atoms with Crippen LogP contribution in [0.2, 0.25) is 0 Å². The van der Waals surface area contributed by atoms with Gasteiger partial charge < -0.3 is 11.1 Å². The van der Waals surface area contributed by atoms with Crippen LogP contribution < -0.4 is 11.1 Å². The molecule has 17 heavy (non-hydrogen) atoms. The van der Waals surface area contributed by atoms with E-state index >= 15 is 0 Å². The molecule has 0 bridgehead atoms. The zero-order valence-electron chi connectivity index (χ0n) is 10.8. The Morgan fingerprint density at radius 2 is 2.24 bits per heavy atom. The van der Waals surface area contributed by atoms with Gasteiger partial charge in [-0.2, -0.15) is 0 Å². The number of nitrogens with two attached hydrogens (primary N) is 1. The van der Waals surface area contributed by atoms with Crippen LogP contribution in [0.4, 0.5) is 0 Å². The summed E-state index contributed by atoms with van der Waals surface area (Å²) in [5.74, 6) is -0.0224. The molecule has 1 aromatic heterocycles. The molecule has 0 saturated heterocycles. The number of carbonyl (C=O) groups is 1. The number of hydrogen-bond acceptors (Lipinski definition) is 3. The lowest BCUT2D eigenvalue weighted by Crippen LogP contribution is -2.36. The molecule has 1 atom stereocenters. The summed E-state index contributed by atoms with van der Waals surface area (Å²) in [6, 6.07) is 4.01. The van der Waals surface area contributed by atoms with Crippen molar-refractivity contribution in [2.24, 2.45) is 17.1 Å². The molecular weight excluding hydrogens is 232 g/mol. The summed E-state index contributed by atoms with van der Waals surface area (Å²) in [6.45, 7) is 7.40. The van der Waals surface area contributed by atoms with Crippen LogP contribution in [0.3, 0.4) is 0 Å². The lowest BCUT2D eigenvalue weighted by molar-refractivity contribution is -0.125. The minimum absolute atomic E-state index is 0.0656. The van der Waals surface area contributed by atoms with Crippen LogP contribution in [-0.4, -0.2) is 12.5 Å². The number of hydrogen-bond donors (Lipinski definition) is 2. The Kier molecular flexibility index (Phi) is 5.15. The smallest absolute Gasteiger partial charge is 0.224 e. The first-order chi connectivity index (χ1) is 7.92. The van der Waals surface area contributed by atoms with Gasteiger partial charge in [-0.25, -0.2) is 0 Å². The zero-order valence-corrected chi connectivity index (χ0v) is 11.6. The van der Waals surface area contributed by atoms with Crippen LogP contribution in [0.15, 0.2) is 17.5 Å². The van der Waals surface area contributed by atoms with Gasteiger partial charge in [-0.15, -0.1) is 11.3 Å². The van der Waals surface area contributed by atoms with E-state index in [9.17, 15) is 4.79 Å².